The number of imidazole rings is 1. The maximum atomic E-state index is 11.7. The van der Waals surface area contributed by atoms with Gasteiger partial charge in [0.25, 0.3) is 0 Å². The fraction of sp³-hybridized carbons (Fsp3) is 0.545. The van der Waals surface area contributed by atoms with E-state index in [1.54, 1.807) is 23.3 Å². The number of hydrogen-bond acceptors (Lipinski definition) is 4. The lowest BCUT2D eigenvalue weighted by molar-refractivity contribution is -0.147. The molecule has 0 aliphatic carbocycles. The number of aromatic nitrogens is 2. The van der Waals surface area contributed by atoms with Gasteiger partial charge in [0.05, 0.1) is 12.9 Å². The topological polar surface area (TPSA) is 93.5 Å². The van der Waals surface area contributed by atoms with Crippen LogP contribution < -0.4 is 5.32 Å². The number of aliphatic carboxylic acids is 1. The van der Waals surface area contributed by atoms with Crippen LogP contribution in [0.2, 0.25) is 0 Å². The van der Waals surface area contributed by atoms with Crippen molar-refractivity contribution >= 4 is 11.9 Å². The first-order chi connectivity index (χ1) is 8.62. The van der Waals surface area contributed by atoms with Crippen molar-refractivity contribution in [1.82, 2.24) is 14.9 Å². The minimum atomic E-state index is -1.26. The number of carbonyl (C=O) groups is 2. The summed E-state index contributed by atoms with van der Waals surface area (Å²) in [4.78, 5) is 26.8. The van der Waals surface area contributed by atoms with Gasteiger partial charge in [0.1, 0.15) is 0 Å². The number of carboxylic acid groups (broad SMARTS) is 1. The number of nitrogens with zero attached hydrogens (tertiary/aromatic N) is 2. The molecule has 18 heavy (non-hydrogen) atoms. The third kappa shape index (κ3) is 2.67. The van der Waals surface area contributed by atoms with Crippen LogP contribution in [0.3, 0.4) is 0 Å². The van der Waals surface area contributed by atoms with Crippen molar-refractivity contribution in [2.24, 2.45) is 0 Å². The molecule has 0 spiro atoms. The zero-order valence-corrected chi connectivity index (χ0v) is 9.83. The van der Waals surface area contributed by atoms with Crippen molar-refractivity contribution in [2.45, 2.75) is 24.9 Å². The van der Waals surface area contributed by atoms with Crippen LogP contribution in [-0.4, -0.2) is 45.3 Å². The van der Waals surface area contributed by atoms with Gasteiger partial charge in [0, 0.05) is 38.4 Å². The van der Waals surface area contributed by atoms with Gasteiger partial charge in [-0.05, 0) is 0 Å². The second kappa shape index (κ2) is 5.18. The number of carbonyl (C=O) groups excluding carboxylic acids is 1. The van der Waals surface area contributed by atoms with Crippen LogP contribution in [0.25, 0.3) is 0 Å². The monoisotopic (exact) mass is 253 g/mol. The van der Waals surface area contributed by atoms with E-state index in [2.05, 4.69) is 10.3 Å². The highest BCUT2D eigenvalue weighted by molar-refractivity contribution is 5.87. The van der Waals surface area contributed by atoms with E-state index in [1.807, 2.05) is 0 Å². The summed E-state index contributed by atoms with van der Waals surface area (Å²) in [5, 5.41) is 11.7. The van der Waals surface area contributed by atoms with Gasteiger partial charge in [0.15, 0.2) is 5.54 Å². The van der Waals surface area contributed by atoms with Crippen molar-refractivity contribution in [3.05, 3.63) is 18.7 Å². The highest BCUT2D eigenvalue weighted by atomic mass is 16.5. The number of nitrogens with one attached hydrogen (secondary N) is 1. The zero-order chi connectivity index (χ0) is 13.0. The number of aryl methyl sites for hydroxylation is 1. The van der Waals surface area contributed by atoms with Gasteiger partial charge in [0.2, 0.25) is 5.91 Å². The minimum Gasteiger partial charge on any atom is -0.479 e. The maximum Gasteiger partial charge on any atom is 0.331 e. The standard InChI is InChI=1S/C11H15N3O4/c15-9(1-4-14-5-3-12-8-14)13-11(10(16)17)2-6-18-7-11/h3,5,8H,1-2,4,6-7H2,(H,13,15)(H,16,17). The first-order valence-corrected chi connectivity index (χ1v) is 5.70. The fourth-order valence-electron chi connectivity index (χ4n) is 1.86. The highest BCUT2D eigenvalue weighted by Gasteiger charge is 2.43. The Morgan fingerprint density at radius 3 is 2.94 bits per heavy atom. The quantitative estimate of drug-likeness (QED) is 0.747. The molecule has 2 N–H and O–H groups in total. The Morgan fingerprint density at radius 1 is 1.56 bits per heavy atom. The summed E-state index contributed by atoms with van der Waals surface area (Å²) in [6, 6.07) is 0. The molecule has 7 nitrogen and oxygen atoms in total. The molecule has 98 valence electrons. The molecule has 7 heteroatoms. The van der Waals surface area contributed by atoms with Gasteiger partial charge in [-0.2, -0.15) is 0 Å². The normalized spacial score (nSPS) is 22.9. The Labute approximate surface area is 104 Å². The van der Waals surface area contributed by atoms with Crippen molar-refractivity contribution in [2.75, 3.05) is 13.2 Å². The van der Waals surface area contributed by atoms with Crippen LogP contribution in [0.5, 0.6) is 0 Å². The molecule has 0 bridgehead atoms. The smallest absolute Gasteiger partial charge is 0.331 e. The molecular formula is C11H15N3O4. The van der Waals surface area contributed by atoms with Crippen LogP contribution >= 0.6 is 0 Å². The van der Waals surface area contributed by atoms with Crippen LogP contribution in [0, 0.1) is 0 Å². The number of carboxylic acids is 1. The average molecular weight is 253 g/mol. The molecule has 1 unspecified atom stereocenters. The summed E-state index contributed by atoms with van der Waals surface area (Å²) >= 11 is 0. The molecule has 2 heterocycles. The van der Waals surface area contributed by atoms with Crippen LogP contribution in [0.15, 0.2) is 18.7 Å². The Bertz CT molecular complexity index is 424. The highest BCUT2D eigenvalue weighted by Crippen LogP contribution is 2.19. The molecule has 1 saturated heterocycles. The molecular weight excluding hydrogens is 238 g/mol. The van der Waals surface area contributed by atoms with Crippen molar-refractivity contribution in [3.63, 3.8) is 0 Å². The fourth-order valence-corrected chi connectivity index (χ4v) is 1.86. The maximum absolute atomic E-state index is 11.7. The van der Waals surface area contributed by atoms with Gasteiger partial charge < -0.3 is 19.7 Å². The van der Waals surface area contributed by atoms with Gasteiger partial charge in [-0.25, -0.2) is 9.78 Å². The zero-order valence-electron chi connectivity index (χ0n) is 9.83. The first-order valence-electron chi connectivity index (χ1n) is 5.70. The third-order valence-corrected chi connectivity index (χ3v) is 2.97. The molecule has 1 fully saturated rings. The van der Waals surface area contributed by atoms with Gasteiger partial charge in [-0.3, -0.25) is 4.79 Å². The Morgan fingerprint density at radius 2 is 2.39 bits per heavy atom. The number of amides is 1. The van der Waals surface area contributed by atoms with E-state index in [4.69, 9.17) is 9.84 Å². The average Bonchev–Trinajstić information content (AvgIpc) is 2.97. The van der Waals surface area contributed by atoms with Crippen LogP contribution in [0.1, 0.15) is 12.8 Å². The van der Waals surface area contributed by atoms with Gasteiger partial charge in [-0.1, -0.05) is 0 Å². The van der Waals surface area contributed by atoms with Gasteiger partial charge in [-0.15, -0.1) is 0 Å². The van der Waals surface area contributed by atoms with Crippen LogP contribution in [0.4, 0.5) is 0 Å². The number of rotatable bonds is 5. The lowest BCUT2D eigenvalue weighted by Crippen LogP contribution is -2.55. The Kier molecular flexibility index (Phi) is 3.61. The molecule has 1 aliphatic heterocycles. The lowest BCUT2D eigenvalue weighted by Gasteiger charge is -2.23. The predicted molar refractivity (Wildman–Crippen MR) is 60.8 cm³/mol. The second-order valence-corrected chi connectivity index (χ2v) is 4.29. The summed E-state index contributed by atoms with van der Waals surface area (Å²) in [6.45, 7) is 0.857. The van der Waals surface area contributed by atoms with E-state index in [-0.39, 0.29) is 18.9 Å². The second-order valence-electron chi connectivity index (χ2n) is 4.29. The summed E-state index contributed by atoms with van der Waals surface area (Å²) < 4.78 is 6.82. The lowest BCUT2D eigenvalue weighted by atomic mass is 9.99. The Hall–Kier alpha value is -1.89. The van der Waals surface area contributed by atoms with Gasteiger partial charge >= 0.3 is 5.97 Å². The van der Waals surface area contributed by atoms with Crippen molar-refractivity contribution in [1.29, 1.82) is 0 Å². The van der Waals surface area contributed by atoms with E-state index in [9.17, 15) is 9.59 Å². The van der Waals surface area contributed by atoms with E-state index in [0.29, 0.717) is 19.6 Å². The van der Waals surface area contributed by atoms with E-state index < -0.39 is 11.5 Å². The SMILES string of the molecule is O=C(CCn1ccnc1)NC1(C(=O)O)CCOC1. The summed E-state index contributed by atoms with van der Waals surface area (Å²) in [5.41, 5.74) is -1.26. The first kappa shape index (κ1) is 12.6. The molecule has 1 aromatic heterocycles. The van der Waals surface area contributed by atoms with Crippen molar-refractivity contribution in [3.8, 4) is 0 Å². The van der Waals surface area contributed by atoms with Crippen molar-refractivity contribution < 1.29 is 19.4 Å². The molecule has 1 amide bonds. The van der Waals surface area contributed by atoms with Crippen LogP contribution in [-0.2, 0) is 20.9 Å². The molecule has 2 rings (SSSR count). The molecule has 1 aliphatic rings. The van der Waals surface area contributed by atoms with E-state index in [0.717, 1.165) is 0 Å². The summed E-state index contributed by atoms with van der Waals surface area (Å²) in [7, 11) is 0. The predicted octanol–water partition coefficient (Wildman–Crippen LogP) is -0.367. The summed E-state index contributed by atoms with van der Waals surface area (Å²) in [5.74, 6) is -1.34. The summed E-state index contributed by atoms with van der Waals surface area (Å²) in [6.07, 6.45) is 5.50. The van der Waals surface area contributed by atoms with E-state index in [1.165, 1.54) is 0 Å². The third-order valence-electron chi connectivity index (χ3n) is 2.97. The molecule has 1 atom stereocenters. The molecule has 0 saturated carbocycles. The number of ether oxygens (including phenoxy) is 1. The Balaban J connectivity index is 1.88. The van der Waals surface area contributed by atoms with E-state index >= 15 is 0 Å². The molecule has 0 radical (unpaired) electrons. The minimum absolute atomic E-state index is 0.0269. The molecule has 0 aromatic carbocycles. The largest absolute Gasteiger partial charge is 0.479 e. The number of hydrogen-bond donors (Lipinski definition) is 2. The molecule has 1 aromatic rings.